The van der Waals surface area contributed by atoms with E-state index in [0.29, 0.717) is 35.9 Å². The van der Waals surface area contributed by atoms with Gasteiger partial charge >= 0.3 is 0 Å². The molecule has 1 aromatic heterocycles. The highest BCUT2D eigenvalue weighted by molar-refractivity contribution is 6.33. The molecule has 1 aliphatic carbocycles. The van der Waals surface area contributed by atoms with Crippen molar-refractivity contribution in [2.45, 2.75) is 25.3 Å². The average molecular weight is 508 g/mol. The second-order valence-electron chi connectivity index (χ2n) is 9.15. The van der Waals surface area contributed by atoms with Gasteiger partial charge in [0.1, 0.15) is 12.4 Å². The first-order valence-electron chi connectivity index (χ1n) is 12.2. The fourth-order valence-electron chi connectivity index (χ4n) is 4.46. The van der Waals surface area contributed by atoms with Gasteiger partial charge in [-0.1, -0.05) is 29.8 Å². The first kappa shape index (κ1) is 24.2. The maximum absolute atomic E-state index is 13.3. The molecule has 0 atom stereocenters. The van der Waals surface area contributed by atoms with E-state index in [1.807, 2.05) is 41.3 Å². The van der Waals surface area contributed by atoms with E-state index in [1.54, 1.807) is 4.90 Å². The molecule has 0 bridgehead atoms. The number of rotatable bonds is 6. The fraction of sp³-hybridized carbons (Fsp3) is 0.333. The summed E-state index contributed by atoms with van der Waals surface area (Å²) in [4.78, 5) is 31.8. The number of nitrogens with zero attached hydrogens (tertiary/aromatic N) is 5. The Balaban J connectivity index is 1.21. The predicted molar refractivity (Wildman–Crippen MR) is 136 cm³/mol. The summed E-state index contributed by atoms with van der Waals surface area (Å²) in [6.07, 6.45) is 2.56. The molecule has 36 heavy (non-hydrogen) atoms. The van der Waals surface area contributed by atoms with Crippen molar-refractivity contribution in [1.29, 1.82) is 0 Å². The molecule has 7 nitrogen and oxygen atoms in total. The number of halogens is 2. The molecule has 2 amide bonds. The molecule has 2 aromatic carbocycles. The molecule has 1 aliphatic heterocycles. The Labute approximate surface area is 214 Å². The summed E-state index contributed by atoms with van der Waals surface area (Å²) in [7, 11) is 0. The van der Waals surface area contributed by atoms with Crippen LogP contribution in [0.25, 0.3) is 11.3 Å². The fourth-order valence-corrected chi connectivity index (χ4v) is 4.69. The highest BCUT2D eigenvalue weighted by atomic mass is 35.5. The Bertz CT molecular complexity index is 1230. The summed E-state index contributed by atoms with van der Waals surface area (Å²) in [5.74, 6) is 0.0691. The minimum atomic E-state index is -0.391. The number of hydrogen-bond acceptors (Lipinski definition) is 5. The Morgan fingerprint density at radius 2 is 1.72 bits per heavy atom. The zero-order valence-electron chi connectivity index (χ0n) is 19.8. The zero-order valence-corrected chi connectivity index (χ0v) is 20.6. The molecule has 0 unspecified atom stereocenters. The van der Waals surface area contributed by atoms with Crippen molar-refractivity contribution in [1.82, 2.24) is 20.0 Å². The van der Waals surface area contributed by atoms with E-state index in [-0.39, 0.29) is 24.4 Å². The van der Waals surface area contributed by atoms with Crippen molar-refractivity contribution in [3.8, 4) is 11.3 Å². The Hall–Kier alpha value is -3.52. The lowest BCUT2D eigenvalue weighted by Gasteiger charge is -2.27. The number of amides is 2. The van der Waals surface area contributed by atoms with E-state index in [2.05, 4.69) is 15.1 Å². The van der Waals surface area contributed by atoms with E-state index in [1.165, 1.54) is 24.3 Å². The molecule has 2 aliphatic rings. The van der Waals surface area contributed by atoms with Crippen LogP contribution in [0.2, 0.25) is 5.02 Å². The van der Waals surface area contributed by atoms with Crippen molar-refractivity contribution in [3.63, 3.8) is 0 Å². The van der Waals surface area contributed by atoms with Gasteiger partial charge in [-0.3, -0.25) is 9.59 Å². The van der Waals surface area contributed by atoms with Crippen LogP contribution < -0.4 is 4.90 Å². The summed E-state index contributed by atoms with van der Waals surface area (Å²) < 4.78 is 13.3. The first-order chi connectivity index (χ1) is 17.5. The molecule has 2 heterocycles. The van der Waals surface area contributed by atoms with Crippen LogP contribution in [0.3, 0.4) is 0 Å². The van der Waals surface area contributed by atoms with Crippen molar-refractivity contribution >= 4 is 29.2 Å². The van der Waals surface area contributed by atoms with Gasteiger partial charge in [-0.05, 0) is 61.7 Å². The first-order valence-corrected chi connectivity index (χ1v) is 12.6. The second-order valence-corrected chi connectivity index (χ2v) is 9.56. The highest BCUT2D eigenvalue weighted by Gasteiger charge is 2.35. The lowest BCUT2D eigenvalue weighted by atomic mass is 10.1. The van der Waals surface area contributed by atoms with Crippen LogP contribution in [0, 0.1) is 5.82 Å². The molecule has 1 saturated carbocycles. The molecular weight excluding hydrogens is 481 g/mol. The smallest absolute Gasteiger partial charge is 0.254 e. The normalized spacial score (nSPS) is 15.9. The zero-order chi connectivity index (χ0) is 25.1. The number of carbonyl (C=O) groups is 2. The maximum atomic E-state index is 13.3. The maximum Gasteiger partial charge on any atom is 0.254 e. The minimum absolute atomic E-state index is 0.0349. The molecule has 3 aromatic rings. The average Bonchev–Trinajstić information content (AvgIpc) is 3.75. The molecule has 0 N–H and O–H groups in total. The summed E-state index contributed by atoms with van der Waals surface area (Å²) in [6.45, 7) is 2.57. The van der Waals surface area contributed by atoms with Gasteiger partial charge in [-0.15, -0.1) is 10.2 Å². The largest absolute Gasteiger partial charge is 0.353 e. The Morgan fingerprint density at radius 1 is 0.944 bits per heavy atom. The summed E-state index contributed by atoms with van der Waals surface area (Å²) in [5, 5.41) is 9.40. The van der Waals surface area contributed by atoms with E-state index < -0.39 is 5.82 Å². The van der Waals surface area contributed by atoms with Gasteiger partial charge in [-0.2, -0.15) is 0 Å². The summed E-state index contributed by atoms with van der Waals surface area (Å²) in [6, 6.07) is 16.9. The monoisotopic (exact) mass is 507 g/mol. The van der Waals surface area contributed by atoms with E-state index in [0.717, 1.165) is 37.2 Å². The molecule has 9 heteroatoms. The van der Waals surface area contributed by atoms with E-state index >= 15 is 0 Å². The number of carbonyl (C=O) groups excluding carboxylic acids is 2. The van der Waals surface area contributed by atoms with Crippen molar-refractivity contribution in [2.24, 2.45) is 0 Å². The van der Waals surface area contributed by atoms with Gasteiger partial charge in [0.25, 0.3) is 5.91 Å². The minimum Gasteiger partial charge on any atom is -0.353 e. The third-order valence-corrected chi connectivity index (χ3v) is 6.95. The van der Waals surface area contributed by atoms with Crippen LogP contribution in [0.1, 0.15) is 29.6 Å². The molecule has 2 fully saturated rings. The van der Waals surface area contributed by atoms with Gasteiger partial charge in [0.05, 0.1) is 10.7 Å². The standard InChI is InChI=1S/C27H27ClFN5O2/c28-23-5-2-1-4-22(23)24-12-13-25(31-30-24)32-14-3-15-33(17-16-32)26(35)18-34(21-10-11-21)27(36)19-6-8-20(29)9-7-19/h1-2,4-9,12-13,21H,3,10-11,14-18H2. The molecule has 5 rings (SSSR count). The Morgan fingerprint density at radius 3 is 2.42 bits per heavy atom. The third kappa shape index (κ3) is 5.49. The summed E-state index contributed by atoms with van der Waals surface area (Å²) in [5.41, 5.74) is 1.94. The van der Waals surface area contributed by atoms with E-state index in [4.69, 9.17) is 11.6 Å². The number of hydrogen-bond donors (Lipinski definition) is 0. The lowest BCUT2D eigenvalue weighted by molar-refractivity contribution is -0.131. The van der Waals surface area contributed by atoms with E-state index in [9.17, 15) is 14.0 Å². The van der Waals surface area contributed by atoms with Crippen LogP contribution in [0.15, 0.2) is 60.7 Å². The van der Waals surface area contributed by atoms with Crippen LogP contribution in [-0.4, -0.2) is 70.6 Å². The SMILES string of the molecule is O=C(CN(C(=O)c1ccc(F)cc1)C1CC1)N1CCCN(c2ccc(-c3ccccc3Cl)nn2)CC1. The highest BCUT2D eigenvalue weighted by Crippen LogP contribution is 2.29. The third-order valence-electron chi connectivity index (χ3n) is 6.62. The molecule has 0 spiro atoms. The molecule has 1 saturated heterocycles. The van der Waals surface area contributed by atoms with Gasteiger partial charge in [-0.25, -0.2) is 4.39 Å². The van der Waals surface area contributed by atoms with Crippen LogP contribution in [0.5, 0.6) is 0 Å². The molecular formula is C27H27ClFN5O2. The van der Waals surface area contributed by atoms with Crippen molar-refractivity contribution in [3.05, 3.63) is 77.1 Å². The van der Waals surface area contributed by atoms with Crippen molar-refractivity contribution in [2.75, 3.05) is 37.6 Å². The lowest BCUT2D eigenvalue weighted by Crippen LogP contribution is -2.45. The number of anilines is 1. The number of benzene rings is 2. The number of aromatic nitrogens is 2. The van der Waals surface area contributed by atoms with Gasteiger partial charge < -0.3 is 14.7 Å². The van der Waals surface area contributed by atoms with Gasteiger partial charge in [0.15, 0.2) is 5.82 Å². The van der Waals surface area contributed by atoms with Crippen LogP contribution >= 0.6 is 11.6 Å². The van der Waals surface area contributed by atoms with Crippen LogP contribution in [0.4, 0.5) is 10.2 Å². The van der Waals surface area contributed by atoms with Gasteiger partial charge in [0.2, 0.25) is 5.91 Å². The second kappa shape index (κ2) is 10.6. The topological polar surface area (TPSA) is 69.6 Å². The summed E-state index contributed by atoms with van der Waals surface area (Å²) >= 11 is 6.28. The van der Waals surface area contributed by atoms with Gasteiger partial charge in [0, 0.05) is 43.3 Å². The molecule has 0 radical (unpaired) electrons. The Kier molecular flexibility index (Phi) is 7.13. The van der Waals surface area contributed by atoms with Crippen molar-refractivity contribution < 1.29 is 14.0 Å². The predicted octanol–water partition coefficient (Wildman–Crippen LogP) is 4.28. The molecule has 186 valence electrons. The van der Waals surface area contributed by atoms with Crippen LogP contribution in [-0.2, 0) is 4.79 Å². The quantitative estimate of drug-likeness (QED) is 0.498.